The van der Waals surface area contributed by atoms with Crippen LogP contribution in [0.1, 0.15) is 10.4 Å². The molecule has 2 N–H and O–H groups in total. The van der Waals surface area contributed by atoms with Crippen LogP contribution in [0, 0.1) is 0 Å². The van der Waals surface area contributed by atoms with Crippen LogP contribution >= 0.6 is 0 Å². The molecule has 0 fully saturated rings. The van der Waals surface area contributed by atoms with Gasteiger partial charge in [-0.05, 0) is 36.4 Å². The molecule has 92 valence electrons. The highest BCUT2D eigenvalue weighted by atomic mass is 16.5. The quantitative estimate of drug-likeness (QED) is 0.637. The molecule has 0 unspecified atom stereocenters. The van der Waals surface area contributed by atoms with Gasteiger partial charge in [0, 0.05) is 5.56 Å². The maximum Gasteiger partial charge on any atom is 0.218 e. The van der Waals surface area contributed by atoms with Crippen molar-refractivity contribution in [2.45, 2.75) is 6.29 Å². The third kappa shape index (κ3) is 2.94. The molecule has 0 aromatic heterocycles. The molecule has 0 aliphatic rings. The molecule has 4 heteroatoms. The lowest BCUT2D eigenvalue weighted by Gasteiger charge is -2.06. The van der Waals surface area contributed by atoms with E-state index in [2.05, 4.69) is 0 Å². The van der Waals surface area contributed by atoms with Crippen molar-refractivity contribution in [1.82, 2.24) is 0 Å². The van der Waals surface area contributed by atoms with Gasteiger partial charge < -0.3 is 14.9 Å². The fourth-order valence-electron chi connectivity index (χ4n) is 1.46. The van der Waals surface area contributed by atoms with Crippen LogP contribution in [-0.2, 0) is 0 Å². The van der Waals surface area contributed by atoms with Crippen LogP contribution in [0.25, 0.3) is 0 Å². The maximum absolute atomic E-state index is 11.3. The summed E-state index contributed by atoms with van der Waals surface area (Å²) in [6, 6.07) is 15.4. The largest absolute Gasteiger partial charge is 0.457 e. The number of para-hydroxylation sites is 1. The standard InChI is InChI=1S/C14H12O4/c15-13(14(16)17)10-6-8-12(9-7-10)18-11-4-2-1-3-5-11/h1-9,14,16-17H. The number of aliphatic hydroxyl groups is 2. The zero-order chi connectivity index (χ0) is 13.0. The first-order chi connectivity index (χ1) is 8.66. The monoisotopic (exact) mass is 244 g/mol. The molecule has 2 rings (SSSR count). The Morgan fingerprint density at radius 3 is 2.00 bits per heavy atom. The van der Waals surface area contributed by atoms with Crippen molar-refractivity contribution in [2.24, 2.45) is 0 Å². The topological polar surface area (TPSA) is 66.8 Å². The summed E-state index contributed by atoms with van der Waals surface area (Å²) in [5, 5.41) is 17.5. The van der Waals surface area contributed by atoms with Gasteiger partial charge in [0.1, 0.15) is 11.5 Å². The van der Waals surface area contributed by atoms with Crippen molar-refractivity contribution in [3.63, 3.8) is 0 Å². The number of benzene rings is 2. The smallest absolute Gasteiger partial charge is 0.218 e. The summed E-state index contributed by atoms with van der Waals surface area (Å²) in [5.41, 5.74) is 0.227. The lowest BCUT2D eigenvalue weighted by Crippen LogP contribution is -2.19. The van der Waals surface area contributed by atoms with Gasteiger partial charge in [0.15, 0.2) is 0 Å². The summed E-state index contributed by atoms with van der Waals surface area (Å²) >= 11 is 0. The van der Waals surface area contributed by atoms with E-state index in [0.717, 1.165) is 0 Å². The van der Waals surface area contributed by atoms with Crippen LogP contribution in [0.2, 0.25) is 0 Å². The van der Waals surface area contributed by atoms with Crippen LogP contribution in [0.5, 0.6) is 11.5 Å². The van der Waals surface area contributed by atoms with Gasteiger partial charge in [0.05, 0.1) is 0 Å². The minimum Gasteiger partial charge on any atom is -0.457 e. The molecular formula is C14H12O4. The van der Waals surface area contributed by atoms with Crippen LogP contribution in [0.4, 0.5) is 0 Å². The molecule has 4 nitrogen and oxygen atoms in total. The summed E-state index contributed by atoms with van der Waals surface area (Å²) in [6.07, 6.45) is -1.98. The first kappa shape index (κ1) is 12.3. The van der Waals surface area contributed by atoms with E-state index in [1.165, 1.54) is 12.1 Å². The number of rotatable bonds is 4. The van der Waals surface area contributed by atoms with E-state index in [1.54, 1.807) is 12.1 Å². The Kier molecular flexibility index (Phi) is 3.72. The molecule has 0 spiro atoms. The van der Waals surface area contributed by atoms with E-state index < -0.39 is 12.1 Å². The minimum absolute atomic E-state index is 0.227. The molecule has 0 saturated heterocycles. The van der Waals surface area contributed by atoms with Crippen molar-refractivity contribution in [3.05, 3.63) is 60.2 Å². The number of Topliss-reactive ketones (excluding diaryl/α,β-unsaturated/α-hetero) is 1. The Morgan fingerprint density at radius 1 is 0.889 bits per heavy atom. The van der Waals surface area contributed by atoms with E-state index in [1.807, 2.05) is 30.3 Å². The molecule has 2 aromatic carbocycles. The number of carbonyl (C=O) groups is 1. The molecule has 2 aromatic rings. The Hall–Kier alpha value is -2.17. The van der Waals surface area contributed by atoms with E-state index in [9.17, 15) is 4.79 Å². The van der Waals surface area contributed by atoms with Gasteiger partial charge in [-0.3, -0.25) is 4.79 Å². The molecule has 0 heterocycles. The van der Waals surface area contributed by atoms with Crippen LogP contribution in [0.15, 0.2) is 54.6 Å². The number of carbonyl (C=O) groups excluding carboxylic acids is 1. The number of aliphatic hydroxyl groups excluding tert-OH is 1. The molecular weight excluding hydrogens is 232 g/mol. The highest BCUT2D eigenvalue weighted by Crippen LogP contribution is 2.21. The van der Waals surface area contributed by atoms with Crippen molar-refractivity contribution in [2.75, 3.05) is 0 Å². The van der Waals surface area contributed by atoms with Gasteiger partial charge in [-0.15, -0.1) is 0 Å². The van der Waals surface area contributed by atoms with Crippen LogP contribution in [-0.4, -0.2) is 22.3 Å². The maximum atomic E-state index is 11.3. The van der Waals surface area contributed by atoms with E-state index in [4.69, 9.17) is 14.9 Å². The SMILES string of the molecule is O=C(c1ccc(Oc2ccccc2)cc1)C(O)O. The van der Waals surface area contributed by atoms with Crippen molar-refractivity contribution in [3.8, 4) is 11.5 Å². The Bertz CT molecular complexity index is 517. The summed E-state index contributed by atoms with van der Waals surface area (Å²) < 4.78 is 5.54. The lowest BCUT2D eigenvalue weighted by molar-refractivity contribution is -0.0195. The summed E-state index contributed by atoms with van der Waals surface area (Å²) in [7, 11) is 0. The van der Waals surface area contributed by atoms with E-state index in [-0.39, 0.29) is 5.56 Å². The average Bonchev–Trinajstić information content (AvgIpc) is 2.40. The first-order valence-corrected chi connectivity index (χ1v) is 5.40. The molecule has 0 radical (unpaired) electrons. The predicted molar refractivity (Wildman–Crippen MR) is 65.5 cm³/mol. The van der Waals surface area contributed by atoms with Crippen LogP contribution in [0.3, 0.4) is 0 Å². The van der Waals surface area contributed by atoms with Gasteiger partial charge in [-0.2, -0.15) is 0 Å². The Morgan fingerprint density at radius 2 is 1.44 bits per heavy atom. The molecule has 0 saturated carbocycles. The second-order valence-corrected chi connectivity index (χ2v) is 3.68. The lowest BCUT2D eigenvalue weighted by atomic mass is 10.1. The number of ether oxygens (including phenoxy) is 1. The number of hydrogen-bond donors (Lipinski definition) is 2. The van der Waals surface area contributed by atoms with E-state index in [0.29, 0.717) is 11.5 Å². The highest BCUT2D eigenvalue weighted by molar-refractivity contribution is 5.98. The van der Waals surface area contributed by atoms with Crippen molar-refractivity contribution >= 4 is 5.78 Å². The highest BCUT2D eigenvalue weighted by Gasteiger charge is 2.13. The van der Waals surface area contributed by atoms with Crippen LogP contribution < -0.4 is 4.74 Å². The van der Waals surface area contributed by atoms with E-state index >= 15 is 0 Å². The molecule has 0 bridgehead atoms. The molecule has 0 aliphatic carbocycles. The molecule has 18 heavy (non-hydrogen) atoms. The van der Waals surface area contributed by atoms with Gasteiger partial charge in [0.25, 0.3) is 0 Å². The third-order valence-corrected chi connectivity index (χ3v) is 2.35. The normalized spacial score (nSPS) is 10.4. The predicted octanol–water partition coefficient (Wildman–Crippen LogP) is 1.97. The first-order valence-electron chi connectivity index (χ1n) is 5.40. The zero-order valence-electron chi connectivity index (χ0n) is 9.48. The molecule has 0 aliphatic heterocycles. The fourth-order valence-corrected chi connectivity index (χ4v) is 1.46. The second-order valence-electron chi connectivity index (χ2n) is 3.68. The zero-order valence-corrected chi connectivity index (χ0v) is 9.48. The second kappa shape index (κ2) is 5.44. The van der Waals surface area contributed by atoms with Gasteiger partial charge in [-0.1, -0.05) is 18.2 Å². The van der Waals surface area contributed by atoms with Gasteiger partial charge in [0.2, 0.25) is 12.1 Å². The summed E-state index contributed by atoms with van der Waals surface area (Å²) in [5.74, 6) is 0.533. The molecule has 0 atom stereocenters. The third-order valence-electron chi connectivity index (χ3n) is 2.35. The minimum atomic E-state index is -1.98. The Balaban J connectivity index is 2.11. The fraction of sp³-hybridized carbons (Fsp3) is 0.0714. The number of hydrogen-bond acceptors (Lipinski definition) is 4. The average molecular weight is 244 g/mol. The molecule has 0 amide bonds. The van der Waals surface area contributed by atoms with Crippen molar-refractivity contribution in [1.29, 1.82) is 0 Å². The Labute approximate surface area is 104 Å². The summed E-state index contributed by atoms with van der Waals surface area (Å²) in [4.78, 5) is 11.3. The van der Waals surface area contributed by atoms with Gasteiger partial charge in [-0.25, -0.2) is 0 Å². The summed E-state index contributed by atoms with van der Waals surface area (Å²) in [6.45, 7) is 0. The van der Waals surface area contributed by atoms with Gasteiger partial charge >= 0.3 is 0 Å². The number of ketones is 1. The van der Waals surface area contributed by atoms with Crippen molar-refractivity contribution < 1.29 is 19.7 Å².